The van der Waals surface area contributed by atoms with Crippen LogP contribution in [0, 0.1) is 27.7 Å². The van der Waals surface area contributed by atoms with Crippen LogP contribution in [0.4, 0.5) is 0 Å². The number of aliphatic imine (C=N–C) groups is 1. The van der Waals surface area contributed by atoms with E-state index in [2.05, 4.69) is 53.7 Å². The molecule has 0 unspecified atom stereocenters. The Labute approximate surface area is 155 Å². The van der Waals surface area contributed by atoms with Crippen LogP contribution < -0.4 is 10.6 Å². The van der Waals surface area contributed by atoms with Gasteiger partial charge in [-0.15, -0.1) is 24.0 Å². The first-order valence-electron chi connectivity index (χ1n) is 7.56. The van der Waals surface area contributed by atoms with Crippen molar-refractivity contribution in [3.63, 3.8) is 0 Å². The molecule has 2 aromatic rings. The Balaban J connectivity index is 0.00000264. The average Bonchev–Trinajstić information content (AvgIpc) is 2.79. The fraction of sp³-hybridized carbons (Fsp3) is 0.389. The summed E-state index contributed by atoms with van der Waals surface area (Å²) in [5.74, 6) is 2.68. The van der Waals surface area contributed by atoms with Crippen LogP contribution in [0.15, 0.2) is 33.7 Å². The molecule has 4 nitrogen and oxygen atoms in total. The molecule has 126 valence electrons. The van der Waals surface area contributed by atoms with Gasteiger partial charge in [0.1, 0.15) is 11.5 Å². The highest BCUT2D eigenvalue weighted by atomic mass is 127. The summed E-state index contributed by atoms with van der Waals surface area (Å²) in [6.45, 7) is 9.66. The molecule has 0 saturated carbocycles. The summed E-state index contributed by atoms with van der Waals surface area (Å²) in [6, 6.07) is 8.55. The number of nitrogens with one attached hydrogen (secondary N) is 2. The zero-order chi connectivity index (χ0) is 16.1. The molecule has 0 spiro atoms. The zero-order valence-corrected chi connectivity index (χ0v) is 16.8. The van der Waals surface area contributed by atoms with Crippen LogP contribution in [-0.2, 0) is 13.1 Å². The van der Waals surface area contributed by atoms with E-state index in [1.807, 2.05) is 13.8 Å². The SMILES string of the molecule is CN=C(NCc1ccc(C)cc1C)NCc1cc(C)oc1C.I. The van der Waals surface area contributed by atoms with E-state index < -0.39 is 0 Å². The Morgan fingerprint density at radius 2 is 1.65 bits per heavy atom. The van der Waals surface area contributed by atoms with Crippen LogP contribution in [0.2, 0.25) is 0 Å². The predicted octanol–water partition coefficient (Wildman–Crippen LogP) is 4.00. The van der Waals surface area contributed by atoms with Gasteiger partial charge in [-0.25, -0.2) is 0 Å². The highest BCUT2D eigenvalue weighted by Crippen LogP contribution is 2.13. The third-order valence-corrected chi connectivity index (χ3v) is 3.76. The smallest absolute Gasteiger partial charge is 0.191 e. The first-order chi connectivity index (χ1) is 10.5. The molecule has 1 aromatic heterocycles. The predicted molar refractivity (Wildman–Crippen MR) is 107 cm³/mol. The summed E-state index contributed by atoms with van der Waals surface area (Å²) < 4.78 is 5.54. The highest BCUT2D eigenvalue weighted by Gasteiger charge is 2.06. The standard InChI is InChI=1S/C18H25N3O.HI/c1-12-6-7-16(13(2)8-12)10-20-18(19-5)21-11-17-9-14(3)22-15(17)4;/h6-9H,10-11H2,1-5H3,(H2,19,20,21);1H. The van der Waals surface area contributed by atoms with Crippen LogP contribution in [0.5, 0.6) is 0 Å². The summed E-state index contributed by atoms with van der Waals surface area (Å²) in [7, 11) is 1.78. The lowest BCUT2D eigenvalue weighted by atomic mass is 10.1. The number of hydrogen-bond acceptors (Lipinski definition) is 2. The maximum absolute atomic E-state index is 5.54. The second-order valence-corrected chi connectivity index (χ2v) is 5.65. The number of halogens is 1. The van der Waals surface area contributed by atoms with Crippen LogP contribution in [0.25, 0.3) is 0 Å². The highest BCUT2D eigenvalue weighted by molar-refractivity contribution is 14.0. The third-order valence-electron chi connectivity index (χ3n) is 3.76. The molecule has 0 aliphatic rings. The monoisotopic (exact) mass is 427 g/mol. The number of furan rings is 1. The van der Waals surface area contributed by atoms with Crippen molar-refractivity contribution in [1.82, 2.24) is 10.6 Å². The van der Waals surface area contributed by atoms with E-state index in [1.165, 1.54) is 16.7 Å². The van der Waals surface area contributed by atoms with Crippen LogP contribution in [-0.4, -0.2) is 13.0 Å². The summed E-state index contributed by atoms with van der Waals surface area (Å²) in [5.41, 5.74) is 5.02. The van der Waals surface area contributed by atoms with E-state index in [4.69, 9.17) is 4.42 Å². The van der Waals surface area contributed by atoms with Crippen LogP contribution >= 0.6 is 24.0 Å². The van der Waals surface area contributed by atoms with Gasteiger partial charge >= 0.3 is 0 Å². The Kier molecular flexibility index (Phi) is 7.61. The molecule has 2 N–H and O–H groups in total. The van der Waals surface area contributed by atoms with Gasteiger partial charge in [0.2, 0.25) is 0 Å². The summed E-state index contributed by atoms with van der Waals surface area (Å²) in [6.07, 6.45) is 0. The fourth-order valence-electron chi connectivity index (χ4n) is 2.48. The number of benzene rings is 1. The second-order valence-electron chi connectivity index (χ2n) is 5.65. The van der Waals surface area contributed by atoms with Gasteiger partial charge in [-0.3, -0.25) is 4.99 Å². The first kappa shape index (κ1) is 19.5. The molecule has 0 atom stereocenters. The van der Waals surface area contributed by atoms with Crippen molar-refractivity contribution in [3.8, 4) is 0 Å². The average molecular weight is 427 g/mol. The maximum Gasteiger partial charge on any atom is 0.191 e. The molecule has 0 bridgehead atoms. The number of nitrogens with zero attached hydrogens (tertiary/aromatic N) is 1. The normalized spacial score (nSPS) is 11.1. The van der Waals surface area contributed by atoms with Gasteiger partial charge in [-0.05, 0) is 44.9 Å². The molecule has 0 aliphatic carbocycles. The van der Waals surface area contributed by atoms with E-state index >= 15 is 0 Å². The molecule has 5 heteroatoms. The first-order valence-corrected chi connectivity index (χ1v) is 7.56. The zero-order valence-electron chi connectivity index (χ0n) is 14.5. The van der Waals surface area contributed by atoms with Crippen molar-refractivity contribution >= 4 is 29.9 Å². The quantitative estimate of drug-likeness (QED) is 0.441. The Morgan fingerprint density at radius 3 is 2.17 bits per heavy atom. The van der Waals surface area contributed by atoms with Gasteiger partial charge in [0.05, 0.1) is 0 Å². The van der Waals surface area contributed by atoms with E-state index in [0.717, 1.165) is 29.6 Å². The van der Waals surface area contributed by atoms with E-state index in [9.17, 15) is 0 Å². The molecular formula is C18H26IN3O. The summed E-state index contributed by atoms with van der Waals surface area (Å²) in [4.78, 5) is 4.27. The van der Waals surface area contributed by atoms with Crippen molar-refractivity contribution in [2.75, 3.05) is 7.05 Å². The van der Waals surface area contributed by atoms with E-state index in [1.54, 1.807) is 7.05 Å². The molecule has 1 heterocycles. The Morgan fingerprint density at radius 1 is 1.00 bits per heavy atom. The van der Waals surface area contributed by atoms with Gasteiger partial charge in [-0.2, -0.15) is 0 Å². The largest absolute Gasteiger partial charge is 0.466 e. The molecule has 0 saturated heterocycles. The molecule has 0 fully saturated rings. The number of aryl methyl sites for hydroxylation is 4. The van der Waals surface area contributed by atoms with Crippen molar-refractivity contribution in [2.24, 2.45) is 4.99 Å². The second kappa shape index (κ2) is 8.96. The number of guanidine groups is 1. The van der Waals surface area contributed by atoms with E-state index in [0.29, 0.717) is 6.54 Å². The van der Waals surface area contributed by atoms with Crippen molar-refractivity contribution < 1.29 is 4.42 Å². The number of hydrogen-bond donors (Lipinski definition) is 2. The minimum Gasteiger partial charge on any atom is -0.466 e. The maximum atomic E-state index is 5.54. The molecule has 23 heavy (non-hydrogen) atoms. The van der Waals surface area contributed by atoms with Crippen molar-refractivity contribution in [1.29, 1.82) is 0 Å². The lowest BCUT2D eigenvalue weighted by molar-refractivity contribution is 0.500. The molecule has 2 rings (SSSR count). The lowest BCUT2D eigenvalue weighted by Crippen LogP contribution is -2.36. The van der Waals surface area contributed by atoms with Crippen LogP contribution in [0.1, 0.15) is 33.8 Å². The van der Waals surface area contributed by atoms with Gasteiger partial charge in [-0.1, -0.05) is 23.8 Å². The topological polar surface area (TPSA) is 49.6 Å². The summed E-state index contributed by atoms with van der Waals surface area (Å²) >= 11 is 0. The van der Waals surface area contributed by atoms with Gasteiger partial charge in [0.15, 0.2) is 5.96 Å². The molecule has 0 amide bonds. The Hall–Kier alpha value is -1.50. The molecule has 0 radical (unpaired) electrons. The van der Waals surface area contributed by atoms with Gasteiger partial charge < -0.3 is 15.1 Å². The molecule has 1 aromatic carbocycles. The lowest BCUT2D eigenvalue weighted by Gasteiger charge is -2.13. The minimum absolute atomic E-state index is 0. The minimum atomic E-state index is 0. The van der Waals surface area contributed by atoms with Gasteiger partial charge in [0, 0.05) is 25.7 Å². The van der Waals surface area contributed by atoms with Gasteiger partial charge in [0.25, 0.3) is 0 Å². The molecule has 0 aliphatic heterocycles. The van der Waals surface area contributed by atoms with Crippen molar-refractivity contribution in [3.05, 3.63) is 58.0 Å². The van der Waals surface area contributed by atoms with Crippen LogP contribution in [0.3, 0.4) is 0 Å². The Bertz CT molecular complexity index is 677. The third kappa shape index (κ3) is 5.57. The summed E-state index contributed by atoms with van der Waals surface area (Å²) in [5, 5.41) is 6.67. The van der Waals surface area contributed by atoms with E-state index in [-0.39, 0.29) is 24.0 Å². The molecular weight excluding hydrogens is 401 g/mol. The fourth-order valence-corrected chi connectivity index (χ4v) is 2.48. The van der Waals surface area contributed by atoms with Crippen molar-refractivity contribution in [2.45, 2.75) is 40.8 Å². The number of rotatable bonds is 4.